The molecule has 2 N–H and O–H groups in total. The van der Waals surface area contributed by atoms with E-state index in [1.54, 1.807) is 6.92 Å². The quantitative estimate of drug-likeness (QED) is 0.691. The summed E-state index contributed by atoms with van der Waals surface area (Å²) in [4.78, 5) is 29.6. The van der Waals surface area contributed by atoms with Gasteiger partial charge in [0.1, 0.15) is 0 Å². The van der Waals surface area contributed by atoms with Gasteiger partial charge in [-0.25, -0.2) is 4.79 Å². The monoisotopic (exact) mass is 225 g/mol. The third-order valence-electron chi connectivity index (χ3n) is 2.74. The summed E-state index contributed by atoms with van der Waals surface area (Å²) in [6, 6.07) is 0. The van der Waals surface area contributed by atoms with Crippen molar-refractivity contribution in [3.05, 3.63) is 32.1 Å². The maximum Gasteiger partial charge on any atom is 0.325 e. The highest BCUT2D eigenvalue weighted by atomic mass is 16.5. The van der Waals surface area contributed by atoms with Crippen molar-refractivity contribution in [1.29, 1.82) is 0 Å². The van der Waals surface area contributed by atoms with Gasteiger partial charge in [-0.2, -0.15) is 0 Å². The maximum absolute atomic E-state index is 11.6. The Morgan fingerprint density at radius 1 is 1.25 bits per heavy atom. The van der Waals surface area contributed by atoms with Crippen LogP contribution in [0.15, 0.2) is 9.59 Å². The summed E-state index contributed by atoms with van der Waals surface area (Å²) in [7, 11) is 0. The highest BCUT2D eigenvalue weighted by Crippen LogP contribution is 2.04. The third-order valence-corrected chi connectivity index (χ3v) is 2.74. The molecule has 0 aromatic carbocycles. The number of nitrogens with one attached hydrogen (secondary N) is 2. The molecule has 1 saturated heterocycles. The van der Waals surface area contributed by atoms with Crippen molar-refractivity contribution in [2.24, 2.45) is 0 Å². The molecule has 1 aromatic heterocycles. The van der Waals surface area contributed by atoms with Gasteiger partial charge in [-0.1, -0.05) is 0 Å². The summed E-state index contributed by atoms with van der Waals surface area (Å²) in [5, 5.41) is 0. The second-order valence-corrected chi connectivity index (χ2v) is 3.90. The van der Waals surface area contributed by atoms with Gasteiger partial charge in [0.2, 0.25) is 0 Å². The molecule has 1 aliphatic heterocycles. The summed E-state index contributed by atoms with van der Waals surface area (Å²) in [6.45, 7) is 5.32. The summed E-state index contributed by atoms with van der Waals surface area (Å²) in [6.07, 6.45) is 0. The molecule has 0 saturated carbocycles. The van der Waals surface area contributed by atoms with Crippen LogP contribution in [-0.4, -0.2) is 41.2 Å². The van der Waals surface area contributed by atoms with Crippen LogP contribution in [0.2, 0.25) is 0 Å². The number of aromatic amines is 2. The molecule has 1 fully saturated rings. The zero-order valence-electron chi connectivity index (χ0n) is 9.21. The molecule has 0 radical (unpaired) electrons. The number of hydrogen-bond acceptors (Lipinski definition) is 4. The average molecular weight is 225 g/mol. The molecule has 88 valence electrons. The molecule has 2 heterocycles. The summed E-state index contributed by atoms with van der Waals surface area (Å²) in [5.41, 5.74) is 0.516. The Bertz CT molecular complexity index is 471. The van der Waals surface area contributed by atoms with Crippen LogP contribution in [0.4, 0.5) is 0 Å². The van der Waals surface area contributed by atoms with Crippen molar-refractivity contribution < 1.29 is 4.74 Å². The fraction of sp³-hybridized carbons (Fsp3) is 0.600. The molecule has 16 heavy (non-hydrogen) atoms. The number of aromatic nitrogens is 2. The van der Waals surface area contributed by atoms with Gasteiger partial charge in [-0.15, -0.1) is 0 Å². The largest absolute Gasteiger partial charge is 0.379 e. The van der Waals surface area contributed by atoms with Gasteiger partial charge in [0, 0.05) is 25.3 Å². The SMILES string of the molecule is Cc1[nH]c(=O)[nH]c(=O)c1CN1CCOCC1. The molecule has 1 aliphatic rings. The van der Waals surface area contributed by atoms with Crippen molar-refractivity contribution >= 4 is 0 Å². The van der Waals surface area contributed by atoms with E-state index in [1.807, 2.05) is 0 Å². The van der Waals surface area contributed by atoms with E-state index in [-0.39, 0.29) is 5.56 Å². The molecule has 0 unspecified atom stereocenters. The Morgan fingerprint density at radius 3 is 2.56 bits per heavy atom. The smallest absolute Gasteiger partial charge is 0.325 e. The Labute approximate surface area is 92.3 Å². The number of morpholine rings is 1. The number of H-pyrrole nitrogens is 2. The van der Waals surface area contributed by atoms with Crippen LogP contribution in [0.3, 0.4) is 0 Å². The van der Waals surface area contributed by atoms with Crippen LogP contribution in [0.5, 0.6) is 0 Å². The summed E-state index contributed by atoms with van der Waals surface area (Å²) >= 11 is 0. The predicted octanol–water partition coefficient (Wildman–Crippen LogP) is -0.796. The van der Waals surface area contributed by atoms with Crippen LogP contribution < -0.4 is 11.2 Å². The van der Waals surface area contributed by atoms with E-state index in [4.69, 9.17) is 4.74 Å². The maximum atomic E-state index is 11.6. The molecule has 0 bridgehead atoms. The third kappa shape index (κ3) is 2.40. The van der Waals surface area contributed by atoms with Crippen LogP contribution in [0.1, 0.15) is 11.3 Å². The minimum absolute atomic E-state index is 0.298. The number of nitrogens with zero attached hydrogens (tertiary/aromatic N) is 1. The van der Waals surface area contributed by atoms with Crippen molar-refractivity contribution in [3.63, 3.8) is 0 Å². The summed E-state index contributed by atoms with van der Waals surface area (Å²) < 4.78 is 5.23. The van der Waals surface area contributed by atoms with E-state index in [1.165, 1.54) is 0 Å². The zero-order chi connectivity index (χ0) is 11.5. The van der Waals surface area contributed by atoms with E-state index < -0.39 is 5.69 Å². The van der Waals surface area contributed by atoms with Crippen molar-refractivity contribution in [3.8, 4) is 0 Å². The van der Waals surface area contributed by atoms with Crippen molar-refractivity contribution in [1.82, 2.24) is 14.9 Å². The second-order valence-electron chi connectivity index (χ2n) is 3.90. The van der Waals surface area contributed by atoms with Gasteiger partial charge in [0.25, 0.3) is 5.56 Å². The zero-order valence-corrected chi connectivity index (χ0v) is 9.21. The molecular weight excluding hydrogens is 210 g/mol. The van der Waals surface area contributed by atoms with Crippen molar-refractivity contribution in [2.75, 3.05) is 26.3 Å². The van der Waals surface area contributed by atoms with Gasteiger partial charge in [-0.05, 0) is 6.92 Å². The van der Waals surface area contributed by atoms with Gasteiger partial charge in [0.05, 0.1) is 18.8 Å². The first-order chi connectivity index (χ1) is 7.66. The molecule has 0 aliphatic carbocycles. The van der Waals surface area contributed by atoms with Crippen LogP contribution >= 0.6 is 0 Å². The van der Waals surface area contributed by atoms with Crippen LogP contribution in [-0.2, 0) is 11.3 Å². The lowest BCUT2D eigenvalue weighted by molar-refractivity contribution is 0.0338. The Kier molecular flexibility index (Phi) is 3.21. The van der Waals surface area contributed by atoms with Gasteiger partial charge < -0.3 is 9.72 Å². The Balaban J connectivity index is 2.20. The van der Waals surface area contributed by atoms with Gasteiger partial charge >= 0.3 is 5.69 Å². The molecule has 0 spiro atoms. The van der Waals surface area contributed by atoms with E-state index in [9.17, 15) is 9.59 Å². The molecule has 6 heteroatoms. The van der Waals surface area contributed by atoms with E-state index in [0.717, 1.165) is 13.1 Å². The predicted molar refractivity (Wildman–Crippen MR) is 58.5 cm³/mol. The van der Waals surface area contributed by atoms with E-state index in [0.29, 0.717) is 31.0 Å². The lowest BCUT2D eigenvalue weighted by atomic mass is 10.2. The lowest BCUT2D eigenvalue weighted by Gasteiger charge is -2.26. The van der Waals surface area contributed by atoms with Gasteiger partial charge in [0.15, 0.2) is 0 Å². The molecular formula is C10H15N3O3. The first-order valence-corrected chi connectivity index (χ1v) is 5.29. The number of hydrogen-bond donors (Lipinski definition) is 2. The number of rotatable bonds is 2. The van der Waals surface area contributed by atoms with E-state index >= 15 is 0 Å². The lowest BCUT2D eigenvalue weighted by Crippen LogP contribution is -2.38. The fourth-order valence-corrected chi connectivity index (χ4v) is 1.80. The molecule has 0 atom stereocenters. The van der Waals surface area contributed by atoms with Crippen LogP contribution in [0.25, 0.3) is 0 Å². The standard InChI is InChI=1S/C10H15N3O3/c1-7-8(9(14)12-10(15)11-7)6-13-2-4-16-5-3-13/h2-6H2,1H3,(H2,11,12,14,15). The highest BCUT2D eigenvalue weighted by molar-refractivity contribution is 5.14. The minimum atomic E-state index is -0.451. The van der Waals surface area contributed by atoms with Crippen molar-refractivity contribution in [2.45, 2.75) is 13.5 Å². The Hall–Kier alpha value is -1.40. The number of ether oxygens (including phenoxy) is 1. The van der Waals surface area contributed by atoms with E-state index in [2.05, 4.69) is 14.9 Å². The second kappa shape index (κ2) is 4.63. The van der Waals surface area contributed by atoms with Gasteiger partial charge in [-0.3, -0.25) is 14.7 Å². The van der Waals surface area contributed by atoms with Crippen LogP contribution in [0, 0.1) is 6.92 Å². The molecule has 0 amide bonds. The highest BCUT2D eigenvalue weighted by Gasteiger charge is 2.14. The fourth-order valence-electron chi connectivity index (χ4n) is 1.80. The molecule has 1 aromatic rings. The average Bonchev–Trinajstić information content (AvgIpc) is 2.25. The normalized spacial score (nSPS) is 17.6. The summed E-state index contributed by atoms with van der Waals surface area (Å²) in [5.74, 6) is 0. The first-order valence-electron chi connectivity index (χ1n) is 5.29. The number of aryl methyl sites for hydroxylation is 1. The topological polar surface area (TPSA) is 78.2 Å². The molecule has 6 nitrogen and oxygen atoms in total. The first kappa shape index (κ1) is 11.1. The molecule has 2 rings (SSSR count). The minimum Gasteiger partial charge on any atom is -0.379 e. The Morgan fingerprint density at radius 2 is 1.94 bits per heavy atom.